The van der Waals surface area contributed by atoms with E-state index in [0.29, 0.717) is 24.5 Å². The SMILES string of the molecule is CN(C)C(=O)C1CCCN1CCCNS(=O)(=O)c1ccc(Cl)c(Cl)c1. The van der Waals surface area contributed by atoms with Crippen LogP contribution in [0, 0.1) is 0 Å². The van der Waals surface area contributed by atoms with Crippen LogP contribution in [0.25, 0.3) is 0 Å². The largest absolute Gasteiger partial charge is 0.347 e. The Kier molecular flexibility index (Phi) is 7.10. The molecule has 1 N–H and O–H groups in total. The fourth-order valence-electron chi connectivity index (χ4n) is 2.89. The van der Waals surface area contributed by atoms with Gasteiger partial charge in [-0.3, -0.25) is 9.69 Å². The van der Waals surface area contributed by atoms with Crippen molar-refractivity contribution in [3.05, 3.63) is 28.2 Å². The van der Waals surface area contributed by atoms with Crippen LogP contribution in [0.1, 0.15) is 19.3 Å². The highest BCUT2D eigenvalue weighted by Gasteiger charge is 2.31. The molecule has 1 fully saturated rings. The fraction of sp³-hybridized carbons (Fsp3) is 0.562. The molecule has 0 saturated carbocycles. The van der Waals surface area contributed by atoms with E-state index >= 15 is 0 Å². The van der Waals surface area contributed by atoms with Crippen LogP contribution >= 0.6 is 23.2 Å². The minimum atomic E-state index is -3.63. The van der Waals surface area contributed by atoms with Crippen LogP contribution < -0.4 is 4.72 Å². The first-order valence-electron chi connectivity index (χ1n) is 8.12. The van der Waals surface area contributed by atoms with Crippen LogP contribution in [-0.2, 0) is 14.8 Å². The van der Waals surface area contributed by atoms with Gasteiger partial charge in [-0.1, -0.05) is 23.2 Å². The molecule has 2 rings (SSSR count). The minimum Gasteiger partial charge on any atom is -0.347 e. The molecule has 0 aliphatic carbocycles. The van der Waals surface area contributed by atoms with Crippen LogP contribution in [0.5, 0.6) is 0 Å². The number of nitrogens with one attached hydrogen (secondary N) is 1. The molecule has 1 aromatic carbocycles. The van der Waals surface area contributed by atoms with Crippen LogP contribution in [0.15, 0.2) is 23.1 Å². The summed E-state index contributed by atoms with van der Waals surface area (Å²) in [6.07, 6.45) is 2.46. The molecule has 9 heteroatoms. The normalized spacial score (nSPS) is 18.5. The third kappa shape index (κ3) is 5.31. The second kappa shape index (κ2) is 8.68. The van der Waals surface area contributed by atoms with Crippen LogP contribution in [0.3, 0.4) is 0 Å². The van der Waals surface area contributed by atoms with E-state index in [9.17, 15) is 13.2 Å². The van der Waals surface area contributed by atoms with Crippen molar-refractivity contribution in [2.75, 3.05) is 33.7 Å². The molecule has 0 aromatic heterocycles. The Balaban J connectivity index is 1.85. The van der Waals surface area contributed by atoms with Gasteiger partial charge in [0.25, 0.3) is 0 Å². The molecule has 140 valence electrons. The summed E-state index contributed by atoms with van der Waals surface area (Å²) in [7, 11) is -0.117. The number of sulfonamides is 1. The van der Waals surface area contributed by atoms with Crippen molar-refractivity contribution >= 4 is 39.1 Å². The second-order valence-electron chi connectivity index (χ2n) is 6.25. The molecule has 1 amide bonds. The number of hydrogen-bond acceptors (Lipinski definition) is 4. The van der Waals surface area contributed by atoms with E-state index < -0.39 is 10.0 Å². The number of rotatable bonds is 7. The standard InChI is InChI=1S/C16H23Cl2N3O3S/c1-20(2)16(22)15-5-3-9-21(15)10-4-8-19-25(23,24)12-6-7-13(17)14(18)11-12/h6-7,11,15,19H,3-5,8-10H2,1-2H3. The van der Waals surface area contributed by atoms with E-state index in [1.165, 1.54) is 18.2 Å². The lowest BCUT2D eigenvalue weighted by Gasteiger charge is -2.26. The molecule has 1 aromatic rings. The van der Waals surface area contributed by atoms with E-state index in [-0.39, 0.29) is 21.9 Å². The van der Waals surface area contributed by atoms with Gasteiger partial charge in [-0.2, -0.15) is 0 Å². The van der Waals surface area contributed by atoms with Crippen molar-refractivity contribution in [1.82, 2.24) is 14.5 Å². The lowest BCUT2D eigenvalue weighted by Crippen LogP contribution is -2.43. The van der Waals surface area contributed by atoms with Crippen LogP contribution in [-0.4, -0.2) is 63.9 Å². The zero-order valence-electron chi connectivity index (χ0n) is 14.3. The van der Waals surface area contributed by atoms with E-state index in [1.807, 2.05) is 0 Å². The Morgan fingerprint density at radius 1 is 1.32 bits per heavy atom. The fourth-order valence-corrected chi connectivity index (χ4v) is 4.35. The third-order valence-electron chi connectivity index (χ3n) is 4.21. The maximum atomic E-state index is 12.3. The molecular formula is C16H23Cl2N3O3S. The van der Waals surface area contributed by atoms with Crippen molar-refractivity contribution in [1.29, 1.82) is 0 Å². The van der Waals surface area contributed by atoms with Gasteiger partial charge < -0.3 is 4.90 Å². The number of nitrogens with zero attached hydrogens (tertiary/aromatic N) is 2. The smallest absolute Gasteiger partial charge is 0.240 e. The number of halogens is 2. The van der Waals surface area contributed by atoms with Gasteiger partial charge in [-0.15, -0.1) is 0 Å². The van der Waals surface area contributed by atoms with Gasteiger partial charge in [-0.05, 0) is 44.0 Å². The Morgan fingerprint density at radius 2 is 2.04 bits per heavy atom. The average molecular weight is 408 g/mol. The number of hydrogen-bond donors (Lipinski definition) is 1. The number of carbonyl (C=O) groups excluding carboxylic acids is 1. The summed E-state index contributed by atoms with van der Waals surface area (Å²) in [4.78, 5) is 16.0. The van der Waals surface area contributed by atoms with Gasteiger partial charge in [-0.25, -0.2) is 13.1 Å². The summed E-state index contributed by atoms with van der Waals surface area (Å²) < 4.78 is 27.1. The molecule has 1 aliphatic heterocycles. The average Bonchev–Trinajstić information content (AvgIpc) is 3.01. The zero-order chi connectivity index (χ0) is 18.6. The first-order valence-corrected chi connectivity index (χ1v) is 10.4. The maximum absolute atomic E-state index is 12.3. The summed E-state index contributed by atoms with van der Waals surface area (Å²) in [6.45, 7) is 1.83. The molecule has 1 heterocycles. The molecule has 0 spiro atoms. The Bertz CT molecular complexity index is 725. The number of likely N-dealkylation sites (tertiary alicyclic amines) is 1. The van der Waals surface area contributed by atoms with Crippen molar-refractivity contribution in [2.45, 2.75) is 30.2 Å². The quantitative estimate of drug-likeness (QED) is 0.703. The summed E-state index contributed by atoms with van der Waals surface area (Å²) in [6, 6.07) is 4.11. The molecule has 25 heavy (non-hydrogen) atoms. The maximum Gasteiger partial charge on any atom is 0.240 e. The molecule has 0 radical (unpaired) electrons. The third-order valence-corrected chi connectivity index (χ3v) is 6.40. The molecule has 1 saturated heterocycles. The Morgan fingerprint density at radius 3 is 2.68 bits per heavy atom. The predicted molar refractivity (Wildman–Crippen MR) is 99.6 cm³/mol. The van der Waals surface area contributed by atoms with E-state index in [1.54, 1.807) is 19.0 Å². The first kappa shape index (κ1) is 20.5. The lowest BCUT2D eigenvalue weighted by molar-refractivity contribution is -0.133. The topological polar surface area (TPSA) is 69.7 Å². The zero-order valence-corrected chi connectivity index (χ0v) is 16.7. The van der Waals surface area contributed by atoms with Crippen molar-refractivity contribution in [3.8, 4) is 0 Å². The Labute approximate surface area is 159 Å². The van der Waals surface area contributed by atoms with Crippen LogP contribution in [0.2, 0.25) is 10.0 Å². The number of benzene rings is 1. The van der Waals surface area contributed by atoms with Gasteiger partial charge in [0.05, 0.1) is 21.0 Å². The van der Waals surface area contributed by atoms with Gasteiger partial charge in [0, 0.05) is 27.2 Å². The van der Waals surface area contributed by atoms with E-state index in [2.05, 4.69) is 9.62 Å². The Hall–Kier alpha value is -0.860. The number of carbonyl (C=O) groups is 1. The lowest BCUT2D eigenvalue weighted by atomic mass is 10.2. The molecular weight excluding hydrogens is 385 g/mol. The summed E-state index contributed by atoms with van der Waals surface area (Å²) in [5.74, 6) is 0.105. The number of likely N-dealkylation sites (N-methyl/N-ethyl adjacent to an activating group) is 1. The van der Waals surface area contributed by atoms with Gasteiger partial charge in [0.1, 0.15) is 0 Å². The van der Waals surface area contributed by atoms with E-state index in [4.69, 9.17) is 23.2 Å². The molecule has 1 aliphatic rings. The van der Waals surface area contributed by atoms with Crippen LogP contribution in [0.4, 0.5) is 0 Å². The number of amides is 1. The van der Waals surface area contributed by atoms with Crippen molar-refractivity contribution in [3.63, 3.8) is 0 Å². The second-order valence-corrected chi connectivity index (χ2v) is 8.84. The molecule has 1 atom stereocenters. The predicted octanol–water partition coefficient (Wildman–Crippen LogP) is 2.21. The van der Waals surface area contributed by atoms with Gasteiger partial charge >= 0.3 is 0 Å². The molecule has 1 unspecified atom stereocenters. The summed E-state index contributed by atoms with van der Waals surface area (Å²) in [5, 5.41) is 0.512. The van der Waals surface area contributed by atoms with Gasteiger partial charge in [0.15, 0.2) is 0 Å². The highest BCUT2D eigenvalue weighted by Crippen LogP contribution is 2.24. The highest BCUT2D eigenvalue weighted by atomic mass is 35.5. The highest BCUT2D eigenvalue weighted by molar-refractivity contribution is 7.89. The monoisotopic (exact) mass is 407 g/mol. The van der Waals surface area contributed by atoms with Crippen molar-refractivity contribution < 1.29 is 13.2 Å². The minimum absolute atomic E-state index is 0.0868. The van der Waals surface area contributed by atoms with E-state index in [0.717, 1.165) is 19.4 Å². The van der Waals surface area contributed by atoms with Gasteiger partial charge in [0.2, 0.25) is 15.9 Å². The van der Waals surface area contributed by atoms with Crippen molar-refractivity contribution in [2.24, 2.45) is 0 Å². The molecule has 6 nitrogen and oxygen atoms in total. The molecule has 0 bridgehead atoms. The summed E-state index contributed by atoms with van der Waals surface area (Å²) in [5.41, 5.74) is 0. The first-order chi connectivity index (χ1) is 11.7. The summed E-state index contributed by atoms with van der Waals surface area (Å²) >= 11 is 11.7.